The van der Waals surface area contributed by atoms with E-state index in [2.05, 4.69) is 0 Å². The van der Waals surface area contributed by atoms with E-state index in [1.807, 2.05) is 0 Å². The van der Waals surface area contributed by atoms with Crippen molar-refractivity contribution in [3.63, 3.8) is 0 Å². The monoisotopic (exact) mass is 211 g/mol. The molecule has 8 N–H and O–H groups in total. The van der Waals surface area contributed by atoms with Crippen LogP contribution in [-0.4, -0.2) is 37.1 Å². The molecule has 0 aliphatic rings. The summed E-state index contributed by atoms with van der Waals surface area (Å²) in [6.07, 6.45) is 0. The second-order valence-corrected chi connectivity index (χ2v) is 1.000. The fourth-order valence-electron chi connectivity index (χ4n) is 0. The van der Waals surface area contributed by atoms with E-state index in [-0.39, 0.29) is 53.9 Å². The summed E-state index contributed by atoms with van der Waals surface area (Å²) in [7, 11) is 0. The van der Waals surface area contributed by atoms with Gasteiger partial charge < -0.3 is 33.9 Å². The zero-order valence-corrected chi connectivity index (χ0v) is 7.20. The molecule has 0 saturated heterocycles. The van der Waals surface area contributed by atoms with Crippen molar-refractivity contribution in [2.24, 2.45) is 0 Å². The molecule has 0 aromatic heterocycles. The molecular formula is C4H16CoN4O2-. The summed E-state index contributed by atoms with van der Waals surface area (Å²) in [5, 5.41) is 0. The van der Waals surface area contributed by atoms with E-state index in [0.717, 1.165) is 0 Å². The Kier molecular flexibility index (Phi) is 133. The summed E-state index contributed by atoms with van der Waals surface area (Å²) in [6.45, 7) is 0.944. The van der Waals surface area contributed by atoms with Crippen molar-refractivity contribution in [1.29, 1.82) is 0 Å². The Balaban J connectivity index is -0.0000000171. The van der Waals surface area contributed by atoms with Gasteiger partial charge >= 0.3 is 16.8 Å². The van der Waals surface area contributed by atoms with Crippen LogP contribution in [0, 0.1) is 0 Å². The van der Waals surface area contributed by atoms with Gasteiger partial charge in [-0.1, -0.05) is 0 Å². The summed E-state index contributed by atoms with van der Waals surface area (Å²) in [5.41, 5.74) is 25.1. The van der Waals surface area contributed by atoms with Gasteiger partial charge in [0.1, 0.15) is 0 Å². The predicted molar refractivity (Wildman–Crippen MR) is 44.0 cm³/mol. The molecule has 0 fully saturated rings. The fourth-order valence-corrected chi connectivity index (χ4v) is 0. The molecule has 74 valence electrons. The first-order valence-electron chi connectivity index (χ1n) is 2.41. The maximum Gasteiger partial charge on any atom is 3.00 e. The van der Waals surface area contributed by atoms with Crippen LogP contribution in [0.5, 0.6) is 0 Å². The summed E-state index contributed by atoms with van der Waals surface area (Å²) in [5.74, 6) is 0. The third-order valence-corrected chi connectivity index (χ3v) is 0.250. The van der Waals surface area contributed by atoms with Gasteiger partial charge in [0, 0.05) is 0 Å². The van der Waals surface area contributed by atoms with E-state index in [0.29, 0.717) is 0 Å². The first kappa shape index (κ1) is 30.2. The average Bonchev–Trinajstić information content (AvgIpc) is 1.88. The molecule has 0 aromatic carbocycles. The minimum atomic E-state index is 0. The Morgan fingerprint density at radius 2 is 0.636 bits per heavy atom. The van der Waals surface area contributed by atoms with E-state index in [1.165, 1.54) is 0 Å². The maximum absolute atomic E-state index is 6.26. The van der Waals surface area contributed by atoms with Gasteiger partial charge in [0.2, 0.25) is 0 Å². The van der Waals surface area contributed by atoms with Crippen molar-refractivity contribution < 1.29 is 27.7 Å². The molecule has 11 heavy (non-hydrogen) atoms. The number of hydrogen-bond acceptors (Lipinski definition) is 0. The quantitative estimate of drug-likeness (QED) is 0.623. The van der Waals surface area contributed by atoms with Crippen molar-refractivity contribution >= 4 is 0 Å². The summed E-state index contributed by atoms with van der Waals surface area (Å²) in [6, 6.07) is 0. The molecule has 0 aliphatic heterocycles. The van der Waals surface area contributed by atoms with Crippen LogP contribution in [0.2, 0.25) is 0 Å². The minimum absolute atomic E-state index is 0. The van der Waals surface area contributed by atoms with Crippen LogP contribution in [0.25, 0.3) is 22.9 Å². The molecule has 0 heterocycles. The molecule has 0 saturated carbocycles. The van der Waals surface area contributed by atoms with Gasteiger partial charge in [0.05, 0.1) is 0 Å². The van der Waals surface area contributed by atoms with E-state index < -0.39 is 0 Å². The van der Waals surface area contributed by atoms with Crippen LogP contribution in [0.15, 0.2) is 0 Å². The van der Waals surface area contributed by atoms with Gasteiger partial charge in [-0.3, -0.25) is 0 Å². The van der Waals surface area contributed by atoms with E-state index in [4.69, 9.17) is 22.9 Å². The van der Waals surface area contributed by atoms with E-state index in [9.17, 15) is 0 Å². The standard InChI is InChI=1S/2C2H6N2.Co.2H2O/c2*3-1-2-4;;;/h2*3-4H,1-2H2;;2*1H2/q2*-2;+3;;. The van der Waals surface area contributed by atoms with E-state index >= 15 is 0 Å². The summed E-state index contributed by atoms with van der Waals surface area (Å²) < 4.78 is 0. The van der Waals surface area contributed by atoms with Gasteiger partial charge in [-0.25, -0.2) is 0 Å². The van der Waals surface area contributed by atoms with Gasteiger partial charge in [-0.05, 0) is 0 Å². The van der Waals surface area contributed by atoms with Crippen LogP contribution < -0.4 is 0 Å². The zero-order chi connectivity index (χ0) is 6.83. The Morgan fingerprint density at radius 1 is 0.545 bits per heavy atom. The molecule has 0 bridgehead atoms. The topological polar surface area (TPSA) is 158 Å². The van der Waals surface area contributed by atoms with Gasteiger partial charge in [0.25, 0.3) is 0 Å². The Hall–Kier alpha value is 0.266. The smallest absolute Gasteiger partial charge is 0.679 e. The number of rotatable bonds is 2. The Labute approximate surface area is 77.5 Å². The molecule has 0 amide bonds. The second-order valence-electron chi connectivity index (χ2n) is 1.000. The second kappa shape index (κ2) is 48.4. The molecule has 0 rings (SSSR count). The maximum atomic E-state index is 6.26. The SMILES string of the molecule is O.O.[Co+3].[NH-]CC[NH-].[NH-]CC[NH-]. The Bertz CT molecular complexity index is 28.1. The molecule has 7 heteroatoms. The van der Waals surface area contributed by atoms with Crippen LogP contribution >= 0.6 is 0 Å². The number of nitrogens with one attached hydrogen (secondary N) is 4. The summed E-state index contributed by atoms with van der Waals surface area (Å²) >= 11 is 0. The minimum Gasteiger partial charge on any atom is -0.679 e. The first-order valence-corrected chi connectivity index (χ1v) is 2.41. The largest absolute Gasteiger partial charge is 3.00 e. The normalized spacial score (nSPS) is 5.45. The zero-order valence-electron chi connectivity index (χ0n) is 6.16. The van der Waals surface area contributed by atoms with Gasteiger partial charge in [0.15, 0.2) is 0 Å². The van der Waals surface area contributed by atoms with Gasteiger partial charge in [-0.2, -0.15) is 26.2 Å². The molecule has 0 aliphatic carbocycles. The number of hydrogen-bond donors (Lipinski definition) is 0. The third kappa shape index (κ3) is 137. The van der Waals surface area contributed by atoms with Crippen molar-refractivity contribution in [2.75, 3.05) is 26.2 Å². The summed E-state index contributed by atoms with van der Waals surface area (Å²) in [4.78, 5) is 0. The molecule has 0 unspecified atom stereocenters. The third-order valence-electron chi connectivity index (χ3n) is 0.250. The molecular weight excluding hydrogens is 195 g/mol. The fraction of sp³-hybridized carbons (Fsp3) is 1.00. The van der Waals surface area contributed by atoms with Crippen LogP contribution in [0.4, 0.5) is 0 Å². The van der Waals surface area contributed by atoms with Crippen molar-refractivity contribution in [3.05, 3.63) is 22.9 Å². The van der Waals surface area contributed by atoms with Gasteiger partial charge in [-0.15, -0.1) is 0 Å². The van der Waals surface area contributed by atoms with E-state index in [1.54, 1.807) is 0 Å². The molecule has 0 aromatic rings. The van der Waals surface area contributed by atoms with Crippen molar-refractivity contribution in [1.82, 2.24) is 0 Å². The van der Waals surface area contributed by atoms with Crippen molar-refractivity contribution in [2.45, 2.75) is 0 Å². The molecule has 6 nitrogen and oxygen atoms in total. The molecule has 0 atom stereocenters. The van der Waals surface area contributed by atoms with Crippen LogP contribution in [0.1, 0.15) is 0 Å². The Morgan fingerprint density at radius 3 is 0.636 bits per heavy atom. The van der Waals surface area contributed by atoms with Crippen molar-refractivity contribution in [3.8, 4) is 0 Å². The van der Waals surface area contributed by atoms with Crippen LogP contribution in [0.3, 0.4) is 0 Å². The average molecular weight is 211 g/mol. The van der Waals surface area contributed by atoms with Crippen LogP contribution in [-0.2, 0) is 16.8 Å². The first-order chi connectivity index (χ1) is 3.83. The predicted octanol–water partition coefficient (Wildman–Crippen LogP) is 0.530. The molecule has 0 radical (unpaired) electrons. The molecule has 0 spiro atoms.